The number of fused-ring (bicyclic) bond motifs is 1. The fourth-order valence-electron chi connectivity index (χ4n) is 4.51. The summed E-state index contributed by atoms with van der Waals surface area (Å²) in [5.74, 6) is 1.67. The quantitative estimate of drug-likeness (QED) is 0.809. The van der Waals surface area contributed by atoms with Gasteiger partial charge in [0.25, 0.3) is 0 Å². The molecule has 4 heterocycles. The summed E-state index contributed by atoms with van der Waals surface area (Å²) >= 11 is 0. The van der Waals surface area contributed by atoms with Crippen molar-refractivity contribution < 1.29 is 4.79 Å². The van der Waals surface area contributed by atoms with Crippen molar-refractivity contribution in [1.29, 1.82) is 0 Å². The third kappa shape index (κ3) is 3.96. The van der Waals surface area contributed by atoms with Gasteiger partial charge in [-0.25, -0.2) is 15.0 Å². The molecule has 0 unspecified atom stereocenters. The molecule has 0 N–H and O–H groups in total. The van der Waals surface area contributed by atoms with E-state index < -0.39 is 0 Å². The monoisotopic (exact) mass is 368 g/mol. The summed E-state index contributed by atoms with van der Waals surface area (Å²) < 4.78 is 2.08. The molecular formula is C20H28N6O. The topological polar surface area (TPSA) is 67.2 Å². The van der Waals surface area contributed by atoms with Gasteiger partial charge in [-0.3, -0.25) is 4.79 Å². The zero-order valence-electron chi connectivity index (χ0n) is 16.2. The predicted octanol–water partition coefficient (Wildman–Crippen LogP) is 2.20. The van der Waals surface area contributed by atoms with Gasteiger partial charge in [0.15, 0.2) is 0 Å². The van der Waals surface area contributed by atoms with Crippen LogP contribution in [0.5, 0.6) is 0 Å². The van der Waals surface area contributed by atoms with Gasteiger partial charge in [-0.1, -0.05) is 0 Å². The molecule has 0 radical (unpaired) electrons. The number of carbonyl (C=O) groups is 1. The number of imidazole rings is 1. The average Bonchev–Trinajstić information content (AvgIpc) is 3.16. The molecular weight excluding hydrogens is 340 g/mol. The summed E-state index contributed by atoms with van der Waals surface area (Å²) in [6.07, 6.45) is 9.21. The molecule has 0 aromatic carbocycles. The summed E-state index contributed by atoms with van der Waals surface area (Å²) in [5, 5.41) is 0. The molecule has 7 nitrogen and oxygen atoms in total. The predicted molar refractivity (Wildman–Crippen MR) is 103 cm³/mol. The number of carbonyl (C=O) groups excluding carboxylic acids is 1. The molecule has 144 valence electrons. The summed E-state index contributed by atoms with van der Waals surface area (Å²) in [6.45, 7) is 7.63. The van der Waals surface area contributed by atoms with Gasteiger partial charge in [-0.15, -0.1) is 0 Å². The van der Waals surface area contributed by atoms with E-state index in [1.54, 1.807) is 6.20 Å². The van der Waals surface area contributed by atoms with Crippen LogP contribution in [0.4, 0.5) is 5.95 Å². The Morgan fingerprint density at radius 1 is 1.15 bits per heavy atom. The fraction of sp³-hybridized carbons (Fsp3) is 0.600. The van der Waals surface area contributed by atoms with E-state index >= 15 is 0 Å². The van der Waals surface area contributed by atoms with E-state index in [2.05, 4.69) is 29.3 Å². The largest absolute Gasteiger partial charge is 0.340 e. The van der Waals surface area contributed by atoms with Crippen LogP contribution in [0, 0.1) is 19.8 Å². The highest BCUT2D eigenvalue weighted by Crippen LogP contribution is 2.32. The van der Waals surface area contributed by atoms with Crippen LogP contribution >= 0.6 is 0 Å². The number of hydrogen-bond donors (Lipinski definition) is 0. The van der Waals surface area contributed by atoms with Gasteiger partial charge in [0.05, 0.1) is 6.33 Å². The number of amides is 1. The summed E-state index contributed by atoms with van der Waals surface area (Å²) in [6, 6.07) is 2.37. The molecule has 2 aromatic rings. The van der Waals surface area contributed by atoms with E-state index in [0.717, 1.165) is 62.8 Å². The molecule has 2 saturated heterocycles. The van der Waals surface area contributed by atoms with Gasteiger partial charge in [0.2, 0.25) is 11.9 Å². The Hall–Kier alpha value is -2.44. The standard InChI is InChI=1S/C20H28N6O/c1-15-12-16(2)23-20(22-15)25-10-6-18-17(13-25)4-5-19(27)26(18)9-3-8-24-11-7-21-14-24/h7,11-12,14,17-18H,3-6,8-10,13H2,1-2H3/t17-,18+/m0/s1. The number of hydrogen-bond acceptors (Lipinski definition) is 5. The van der Waals surface area contributed by atoms with Gasteiger partial charge >= 0.3 is 0 Å². The van der Waals surface area contributed by atoms with Crippen molar-refractivity contribution in [3.8, 4) is 0 Å². The second-order valence-corrected chi connectivity index (χ2v) is 7.79. The Labute approximate surface area is 160 Å². The van der Waals surface area contributed by atoms with Crippen molar-refractivity contribution in [2.75, 3.05) is 24.5 Å². The van der Waals surface area contributed by atoms with Gasteiger partial charge < -0.3 is 14.4 Å². The van der Waals surface area contributed by atoms with Crippen molar-refractivity contribution in [3.63, 3.8) is 0 Å². The number of anilines is 1. The second-order valence-electron chi connectivity index (χ2n) is 7.79. The first-order valence-electron chi connectivity index (χ1n) is 9.92. The third-order valence-electron chi connectivity index (χ3n) is 5.77. The number of aromatic nitrogens is 4. The molecule has 1 amide bonds. The maximum atomic E-state index is 12.6. The maximum absolute atomic E-state index is 12.6. The smallest absolute Gasteiger partial charge is 0.225 e. The number of piperidine rings is 2. The number of rotatable bonds is 5. The highest BCUT2D eigenvalue weighted by molar-refractivity contribution is 5.77. The van der Waals surface area contributed by atoms with Crippen LogP contribution in [-0.4, -0.2) is 56.0 Å². The van der Waals surface area contributed by atoms with Crippen LogP contribution in [0.3, 0.4) is 0 Å². The van der Waals surface area contributed by atoms with Crippen LogP contribution in [0.2, 0.25) is 0 Å². The van der Waals surface area contributed by atoms with Crippen molar-refractivity contribution in [2.24, 2.45) is 5.92 Å². The molecule has 2 aliphatic heterocycles. The normalized spacial score (nSPS) is 22.8. The Morgan fingerprint density at radius 2 is 1.96 bits per heavy atom. The first kappa shape index (κ1) is 17.9. The molecule has 0 aliphatic carbocycles. The first-order chi connectivity index (χ1) is 13.1. The van der Waals surface area contributed by atoms with E-state index in [1.165, 1.54) is 0 Å². The van der Waals surface area contributed by atoms with Gasteiger partial charge in [-0.2, -0.15) is 0 Å². The van der Waals surface area contributed by atoms with Crippen molar-refractivity contribution in [2.45, 2.75) is 52.1 Å². The van der Waals surface area contributed by atoms with E-state index in [0.29, 0.717) is 24.3 Å². The van der Waals surface area contributed by atoms with Crippen molar-refractivity contribution >= 4 is 11.9 Å². The lowest BCUT2D eigenvalue weighted by Crippen LogP contribution is -2.56. The average molecular weight is 368 g/mol. The van der Waals surface area contributed by atoms with E-state index in [4.69, 9.17) is 0 Å². The Morgan fingerprint density at radius 3 is 2.70 bits per heavy atom. The number of likely N-dealkylation sites (tertiary alicyclic amines) is 1. The van der Waals surface area contributed by atoms with Crippen LogP contribution in [0.25, 0.3) is 0 Å². The van der Waals surface area contributed by atoms with E-state index in [9.17, 15) is 4.79 Å². The molecule has 0 bridgehead atoms. The summed E-state index contributed by atoms with van der Waals surface area (Å²) in [5.41, 5.74) is 2.03. The minimum atomic E-state index is 0.318. The zero-order chi connectivity index (χ0) is 18.8. The minimum Gasteiger partial charge on any atom is -0.340 e. The Kier molecular flexibility index (Phi) is 5.09. The third-order valence-corrected chi connectivity index (χ3v) is 5.77. The lowest BCUT2D eigenvalue weighted by molar-refractivity contribution is -0.139. The van der Waals surface area contributed by atoms with Gasteiger partial charge in [-0.05, 0) is 45.1 Å². The maximum Gasteiger partial charge on any atom is 0.225 e. The van der Waals surface area contributed by atoms with Crippen LogP contribution in [0.15, 0.2) is 24.8 Å². The number of aryl methyl sites for hydroxylation is 3. The summed E-state index contributed by atoms with van der Waals surface area (Å²) in [4.78, 5) is 30.3. The van der Waals surface area contributed by atoms with E-state index in [1.807, 2.05) is 32.4 Å². The van der Waals surface area contributed by atoms with Crippen LogP contribution in [0.1, 0.15) is 37.1 Å². The highest BCUT2D eigenvalue weighted by atomic mass is 16.2. The minimum absolute atomic E-state index is 0.318. The zero-order valence-corrected chi connectivity index (χ0v) is 16.2. The molecule has 2 aromatic heterocycles. The van der Waals surface area contributed by atoms with Gasteiger partial charge in [0.1, 0.15) is 0 Å². The fourth-order valence-corrected chi connectivity index (χ4v) is 4.51. The van der Waals surface area contributed by atoms with Crippen molar-refractivity contribution in [1.82, 2.24) is 24.4 Å². The summed E-state index contributed by atoms with van der Waals surface area (Å²) in [7, 11) is 0. The SMILES string of the molecule is Cc1cc(C)nc(N2CC[C@@H]3[C@@H](CCC(=O)N3CCCn3ccnc3)C2)n1. The van der Waals surface area contributed by atoms with Crippen LogP contribution in [-0.2, 0) is 11.3 Å². The second kappa shape index (κ2) is 7.66. The highest BCUT2D eigenvalue weighted by Gasteiger charge is 2.39. The van der Waals surface area contributed by atoms with E-state index in [-0.39, 0.29) is 0 Å². The lowest BCUT2D eigenvalue weighted by atomic mass is 9.83. The Bertz CT molecular complexity index is 770. The lowest BCUT2D eigenvalue weighted by Gasteiger charge is -2.47. The molecule has 0 spiro atoms. The number of nitrogens with zero attached hydrogens (tertiary/aromatic N) is 6. The molecule has 0 saturated carbocycles. The molecule has 4 rings (SSSR count). The molecule has 7 heteroatoms. The molecule has 2 fully saturated rings. The first-order valence-corrected chi connectivity index (χ1v) is 9.92. The molecule has 27 heavy (non-hydrogen) atoms. The van der Waals surface area contributed by atoms with Gasteiger partial charge in [0, 0.05) is 62.4 Å². The Balaban J connectivity index is 1.40. The molecule has 2 aliphatic rings. The van der Waals surface area contributed by atoms with Crippen LogP contribution < -0.4 is 4.90 Å². The molecule has 2 atom stereocenters. The van der Waals surface area contributed by atoms with Crippen molar-refractivity contribution in [3.05, 3.63) is 36.2 Å².